The van der Waals surface area contributed by atoms with E-state index >= 15 is 0 Å². The number of unbranched alkanes of at least 4 members (excludes halogenated alkanes) is 2. The second-order valence-corrected chi connectivity index (χ2v) is 4.28. The summed E-state index contributed by atoms with van der Waals surface area (Å²) in [6, 6.07) is 0.135. The van der Waals surface area contributed by atoms with Crippen LogP contribution in [0.15, 0.2) is 4.99 Å². The van der Waals surface area contributed by atoms with Crippen LogP contribution in [-0.4, -0.2) is 24.0 Å². The maximum atomic E-state index is 11.5. The molecule has 0 saturated heterocycles. The van der Waals surface area contributed by atoms with Crippen molar-refractivity contribution in [1.29, 1.82) is 0 Å². The Morgan fingerprint density at radius 3 is 2.80 bits per heavy atom. The molecule has 0 aliphatic carbocycles. The smallest absolute Gasteiger partial charge is 0.251 e. The highest BCUT2D eigenvalue weighted by Gasteiger charge is 2.25. The van der Waals surface area contributed by atoms with Crippen molar-refractivity contribution in [2.75, 3.05) is 0 Å². The summed E-state index contributed by atoms with van der Waals surface area (Å²) >= 11 is 0. The number of nitrogens with zero attached hydrogens (tertiary/aromatic N) is 1. The maximum absolute atomic E-state index is 11.5. The first-order valence-corrected chi connectivity index (χ1v) is 5.78. The molecule has 0 bridgehead atoms. The summed E-state index contributed by atoms with van der Waals surface area (Å²) in [5.74, 6) is 0.672. The number of amides is 1. The van der Waals surface area contributed by atoms with Gasteiger partial charge in [0.25, 0.3) is 5.91 Å². The van der Waals surface area contributed by atoms with Crippen LogP contribution in [-0.2, 0) is 4.79 Å². The van der Waals surface area contributed by atoms with Crippen molar-refractivity contribution in [3.63, 3.8) is 0 Å². The lowest BCUT2D eigenvalue weighted by molar-refractivity contribution is -0.120. The lowest BCUT2D eigenvalue weighted by Crippen LogP contribution is -2.40. The maximum Gasteiger partial charge on any atom is 0.251 e. The molecule has 1 heterocycles. The summed E-state index contributed by atoms with van der Waals surface area (Å²) in [5.41, 5.74) is 0. The Bertz CT molecular complexity index is 248. The van der Waals surface area contributed by atoms with Crippen LogP contribution in [0, 0.1) is 0 Å². The average Bonchev–Trinajstić information content (AvgIpc) is 2.46. The van der Waals surface area contributed by atoms with Gasteiger partial charge in [-0.3, -0.25) is 10.1 Å². The van der Waals surface area contributed by atoms with E-state index in [0.29, 0.717) is 12.0 Å². The highest BCUT2D eigenvalue weighted by atomic mass is 16.2. The SMILES string of the molecule is CCCCCC1N=C(NC(C)C)NC1=O. The van der Waals surface area contributed by atoms with Gasteiger partial charge >= 0.3 is 0 Å². The van der Waals surface area contributed by atoms with E-state index < -0.39 is 0 Å². The quantitative estimate of drug-likeness (QED) is 0.676. The molecule has 0 radical (unpaired) electrons. The zero-order valence-corrected chi connectivity index (χ0v) is 9.84. The van der Waals surface area contributed by atoms with Gasteiger partial charge in [-0.1, -0.05) is 26.2 Å². The minimum atomic E-state index is -0.169. The monoisotopic (exact) mass is 211 g/mol. The largest absolute Gasteiger partial charge is 0.354 e. The summed E-state index contributed by atoms with van der Waals surface area (Å²) in [7, 11) is 0. The van der Waals surface area contributed by atoms with E-state index in [1.807, 2.05) is 13.8 Å². The predicted octanol–water partition coefficient (Wildman–Crippen LogP) is 1.42. The Balaban J connectivity index is 2.37. The van der Waals surface area contributed by atoms with Crippen LogP contribution in [0.2, 0.25) is 0 Å². The Labute approximate surface area is 91.5 Å². The van der Waals surface area contributed by atoms with E-state index in [0.717, 1.165) is 12.8 Å². The summed E-state index contributed by atoms with van der Waals surface area (Å²) in [5, 5.41) is 5.87. The number of guanidine groups is 1. The van der Waals surface area contributed by atoms with E-state index in [4.69, 9.17) is 0 Å². The summed E-state index contributed by atoms with van der Waals surface area (Å²) in [6.07, 6.45) is 4.29. The first kappa shape index (κ1) is 12.0. The number of hydrogen-bond donors (Lipinski definition) is 2. The topological polar surface area (TPSA) is 53.5 Å². The van der Waals surface area contributed by atoms with E-state index in [2.05, 4.69) is 22.5 Å². The van der Waals surface area contributed by atoms with E-state index in [-0.39, 0.29) is 11.9 Å². The van der Waals surface area contributed by atoms with Gasteiger partial charge in [-0.2, -0.15) is 0 Å². The predicted molar refractivity (Wildman–Crippen MR) is 61.8 cm³/mol. The fraction of sp³-hybridized carbons (Fsp3) is 0.818. The molecule has 4 nitrogen and oxygen atoms in total. The van der Waals surface area contributed by atoms with Crippen molar-refractivity contribution in [3.8, 4) is 0 Å². The highest BCUT2D eigenvalue weighted by molar-refractivity contribution is 6.04. The number of carbonyl (C=O) groups excluding carboxylic acids is 1. The lowest BCUT2D eigenvalue weighted by Gasteiger charge is -2.07. The first-order chi connectivity index (χ1) is 7.13. The fourth-order valence-electron chi connectivity index (χ4n) is 1.58. The Morgan fingerprint density at radius 2 is 2.20 bits per heavy atom. The van der Waals surface area contributed by atoms with Crippen molar-refractivity contribution in [1.82, 2.24) is 10.6 Å². The normalized spacial score (nSPS) is 20.4. The fourth-order valence-corrected chi connectivity index (χ4v) is 1.58. The second kappa shape index (κ2) is 5.73. The molecule has 1 atom stereocenters. The second-order valence-electron chi connectivity index (χ2n) is 4.28. The molecular weight excluding hydrogens is 190 g/mol. The van der Waals surface area contributed by atoms with Gasteiger partial charge in [0.2, 0.25) is 0 Å². The molecule has 0 fully saturated rings. The van der Waals surface area contributed by atoms with Gasteiger partial charge in [0.05, 0.1) is 0 Å². The Hall–Kier alpha value is -1.06. The van der Waals surface area contributed by atoms with Crippen LogP contribution in [0.25, 0.3) is 0 Å². The Kier molecular flexibility index (Phi) is 4.59. The molecule has 0 aromatic carbocycles. The van der Waals surface area contributed by atoms with Crippen LogP contribution >= 0.6 is 0 Å². The molecule has 1 unspecified atom stereocenters. The summed E-state index contributed by atoms with van der Waals surface area (Å²) < 4.78 is 0. The molecular formula is C11H21N3O. The lowest BCUT2D eigenvalue weighted by atomic mass is 10.1. The molecule has 1 aliphatic rings. The highest BCUT2D eigenvalue weighted by Crippen LogP contribution is 2.10. The number of hydrogen-bond acceptors (Lipinski definition) is 3. The molecule has 4 heteroatoms. The van der Waals surface area contributed by atoms with Crippen LogP contribution in [0.5, 0.6) is 0 Å². The molecule has 1 rings (SSSR count). The number of aliphatic imine (C=N–C) groups is 1. The van der Waals surface area contributed by atoms with E-state index in [9.17, 15) is 4.79 Å². The Morgan fingerprint density at radius 1 is 1.47 bits per heavy atom. The van der Waals surface area contributed by atoms with Crippen LogP contribution in [0.4, 0.5) is 0 Å². The molecule has 15 heavy (non-hydrogen) atoms. The molecule has 2 N–H and O–H groups in total. The van der Waals surface area contributed by atoms with Gasteiger partial charge in [0, 0.05) is 6.04 Å². The third kappa shape index (κ3) is 3.90. The molecule has 0 aromatic rings. The van der Waals surface area contributed by atoms with Crippen molar-refractivity contribution in [2.24, 2.45) is 4.99 Å². The van der Waals surface area contributed by atoms with Crippen molar-refractivity contribution < 1.29 is 4.79 Å². The van der Waals surface area contributed by atoms with Crippen LogP contribution < -0.4 is 10.6 Å². The molecule has 1 aliphatic heterocycles. The summed E-state index contributed by atoms with van der Waals surface area (Å²) in [4.78, 5) is 15.8. The number of carbonyl (C=O) groups is 1. The van der Waals surface area contributed by atoms with E-state index in [1.54, 1.807) is 0 Å². The zero-order valence-electron chi connectivity index (χ0n) is 9.84. The van der Waals surface area contributed by atoms with Gasteiger partial charge in [-0.05, 0) is 20.3 Å². The number of nitrogens with one attached hydrogen (secondary N) is 2. The third-order valence-corrected chi connectivity index (χ3v) is 2.34. The molecule has 1 amide bonds. The third-order valence-electron chi connectivity index (χ3n) is 2.34. The average molecular weight is 211 g/mol. The van der Waals surface area contributed by atoms with Gasteiger partial charge < -0.3 is 5.32 Å². The van der Waals surface area contributed by atoms with Gasteiger partial charge in [-0.25, -0.2) is 4.99 Å². The van der Waals surface area contributed by atoms with Gasteiger partial charge in [0.15, 0.2) is 5.96 Å². The van der Waals surface area contributed by atoms with Crippen LogP contribution in [0.3, 0.4) is 0 Å². The van der Waals surface area contributed by atoms with Crippen molar-refractivity contribution in [2.45, 2.75) is 58.5 Å². The standard InChI is InChI=1S/C11H21N3O/c1-4-5-6-7-9-10(15)14-11(13-9)12-8(2)3/h8-9H,4-7H2,1-3H3,(H2,12,13,14,15). The minimum absolute atomic E-state index is 0.0363. The molecule has 0 saturated carbocycles. The minimum Gasteiger partial charge on any atom is -0.354 e. The molecule has 0 spiro atoms. The molecule has 0 aromatic heterocycles. The van der Waals surface area contributed by atoms with Crippen LogP contribution in [0.1, 0.15) is 46.5 Å². The zero-order chi connectivity index (χ0) is 11.3. The van der Waals surface area contributed by atoms with Crippen molar-refractivity contribution >= 4 is 11.9 Å². The van der Waals surface area contributed by atoms with E-state index in [1.165, 1.54) is 12.8 Å². The summed E-state index contributed by atoms with van der Waals surface area (Å²) in [6.45, 7) is 6.21. The molecule has 86 valence electrons. The number of rotatable bonds is 5. The first-order valence-electron chi connectivity index (χ1n) is 5.78. The van der Waals surface area contributed by atoms with Crippen molar-refractivity contribution in [3.05, 3.63) is 0 Å². The van der Waals surface area contributed by atoms with Gasteiger partial charge in [-0.15, -0.1) is 0 Å². The van der Waals surface area contributed by atoms with Gasteiger partial charge in [0.1, 0.15) is 6.04 Å².